The van der Waals surface area contributed by atoms with Gasteiger partial charge in [-0.15, -0.1) is 6.58 Å². The van der Waals surface area contributed by atoms with Gasteiger partial charge < -0.3 is 10.6 Å². The van der Waals surface area contributed by atoms with E-state index in [1.807, 2.05) is 6.08 Å². The van der Waals surface area contributed by atoms with Crippen LogP contribution in [0.5, 0.6) is 0 Å². The first-order chi connectivity index (χ1) is 5.59. The van der Waals surface area contributed by atoms with Crippen LogP contribution in [0.4, 0.5) is 0 Å². The monoisotopic (exact) mass is 170 g/mol. The fraction of sp³-hybridized carbons (Fsp3) is 0.667. The third kappa shape index (κ3) is 4.13. The molecule has 0 fully saturated rings. The Balaban J connectivity index is 3.64. The lowest BCUT2D eigenvalue weighted by Crippen LogP contribution is -2.40. The van der Waals surface area contributed by atoms with Crippen molar-refractivity contribution in [3.8, 4) is 0 Å². The van der Waals surface area contributed by atoms with Crippen LogP contribution in [-0.4, -0.2) is 30.4 Å². The van der Waals surface area contributed by atoms with Crippen molar-refractivity contribution in [2.45, 2.75) is 25.8 Å². The molecule has 70 valence electrons. The molecule has 0 aromatic rings. The van der Waals surface area contributed by atoms with E-state index in [1.54, 1.807) is 18.9 Å². The summed E-state index contributed by atoms with van der Waals surface area (Å²) in [5.74, 6) is -0.000868. The number of carbonyl (C=O) groups excluding carboxylic acids is 1. The second kappa shape index (κ2) is 5.77. The molecule has 2 N–H and O–H groups in total. The van der Waals surface area contributed by atoms with Gasteiger partial charge in [-0.05, 0) is 19.8 Å². The van der Waals surface area contributed by atoms with Crippen LogP contribution in [0.2, 0.25) is 0 Å². The van der Waals surface area contributed by atoms with Gasteiger partial charge in [-0.3, -0.25) is 4.79 Å². The van der Waals surface area contributed by atoms with Crippen LogP contribution in [0.15, 0.2) is 12.7 Å². The number of rotatable bonds is 5. The lowest BCUT2D eigenvalue weighted by Gasteiger charge is -2.18. The first-order valence-electron chi connectivity index (χ1n) is 4.21. The molecule has 0 aliphatic rings. The van der Waals surface area contributed by atoms with E-state index < -0.39 is 6.04 Å². The summed E-state index contributed by atoms with van der Waals surface area (Å²) in [6.45, 7) is 6.07. The third-order valence-corrected chi connectivity index (χ3v) is 1.67. The first kappa shape index (κ1) is 11.2. The van der Waals surface area contributed by atoms with Crippen LogP contribution in [0.25, 0.3) is 0 Å². The van der Waals surface area contributed by atoms with E-state index >= 15 is 0 Å². The van der Waals surface area contributed by atoms with E-state index in [4.69, 9.17) is 5.73 Å². The molecule has 0 unspecified atom stereocenters. The Hall–Kier alpha value is -0.830. The maximum atomic E-state index is 11.2. The summed E-state index contributed by atoms with van der Waals surface area (Å²) in [4.78, 5) is 12.9. The summed E-state index contributed by atoms with van der Waals surface area (Å²) in [5.41, 5.74) is 5.43. The molecule has 0 heterocycles. The Labute approximate surface area is 74.2 Å². The molecule has 12 heavy (non-hydrogen) atoms. The molecule has 1 amide bonds. The molecule has 3 heteroatoms. The molecule has 0 aromatic carbocycles. The zero-order valence-electron chi connectivity index (χ0n) is 7.92. The molecular weight excluding hydrogens is 152 g/mol. The minimum Gasteiger partial charge on any atom is -0.344 e. The van der Waals surface area contributed by atoms with Crippen molar-refractivity contribution in [2.24, 2.45) is 5.73 Å². The van der Waals surface area contributed by atoms with Gasteiger partial charge in [0.25, 0.3) is 0 Å². The topological polar surface area (TPSA) is 46.3 Å². The Morgan fingerprint density at radius 2 is 2.33 bits per heavy atom. The minimum atomic E-state index is -0.390. The molecule has 0 saturated carbocycles. The first-order valence-corrected chi connectivity index (χ1v) is 4.21. The van der Waals surface area contributed by atoms with Crippen molar-refractivity contribution in [1.29, 1.82) is 0 Å². The molecule has 3 nitrogen and oxygen atoms in total. The van der Waals surface area contributed by atoms with Crippen LogP contribution in [-0.2, 0) is 4.79 Å². The number of hydrogen-bond donors (Lipinski definition) is 1. The van der Waals surface area contributed by atoms with Crippen molar-refractivity contribution in [1.82, 2.24) is 4.90 Å². The molecule has 0 aliphatic carbocycles. The van der Waals surface area contributed by atoms with Crippen LogP contribution in [0, 0.1) is 0 Å². The van der Waals surface area contributed by atoms with Crippen LogP contribution >= 0.6 is 0 Å². The van der Waals surface area contributed by atoms with Gasteiger partial charge in [-0.25, -0.2) is 0 Å². The molecule has 0 spiro atoms. The predicted octanol–water partition coefficient (Wildman–Crippen LogP) is 0.758. The largest absolute Gasteiger partial charge is 0.344 e. The van der Waals surface area contributed by atoms with Crippen LogP contribution < -0.4 is 5.73 Å². The highest BCUT2D eigenvalue weighted by molar-refractivity contribution is 5.80. The van der Waals surface area contributed by atoms with Gasteiger partial charge in [0.15, 0.2) is 0 Å². The van der Waals surface area contributed by atoms with E-state index in [9.17, 15) is 4.79 Å². The quantitative estimate of drug-likeness (QED) is 0.489. The van der Waals surface area contributed by atoms with Crippen molar-refractivity contribution in [3.05, 3.63) is 12.7 Å². The third-order valence-electron chi connectivity index (χ3n) is 1.67. The highest BCUT2D eigenvalue weighted by atomic mass is 16.2. The number of carbonyl (C=O) groups is 1. The van der Waals surface area contributed by atoms with E-state index in [0.717, 1.165) is 19.4 Å². The number of nitrogens with two attached hydrogens (primary N) is 1. The Kier molecular flexibility index (Phi) is 5.37. The SMILES string of the molecule is C=CCCCN(C)C(=O)[C@H](C)N. The van der Waals surface area contributed by atoms with Gasteiger partial charge in [-0.1, -0.05) is 6.08 Å². The van der Waals surface area contributed by atoms with Gasteiger partial charge >= 0.3 is 0 Å². The lowest BCUT2D eigenvalue weighted by atomic mass is 10.2. The fourth-order valence-corrected chi connectivity index (χ4v) is 0.931. The molecular formula is C9H18N2O. The van der Waals surface area contributed by atoms with Gasteiger partial charge in [0.2, 0.25) is 5.91 Å². The van der Waals surface area contributed by atoms with Crippen molar-refractivity contribution >= 4 is 5.91 Å². The number of unbranched alkanes of at least 4 members (excludes halogenated alkanes) is 1. The van der Waals surface area contributed by atoms with Gasteiger partial charge in [0.05, 0.1) is 6.04 Å². The summed E-state index contributed by atoms with van der Waals surface area (Å²) in [6, 6.07) is -0.390. The summed E-state index contributed by atoms with van der Waals surface area (Å²) < 4.78 is 0. The Bertz CT molecular complexity index is 155. The van der Waals surface area contributed by atoms with Crippen molar-refractivity contribution in [2.75, 3.05) is 13.6 Å². The average molecular weight is 170 g/mol. The number of allylic oxidation sites excluding steroid dienone is 1. The summed E-state index contributed by atoms with van der Waals surface area (Å²) in [7, 11) is 1.77. The number of nitrogens with zero attached hydrogens (tertiary/aromatic N) is 1. The number of hydrogen-bond acceptors (Lipinski definition) is 2. The lowest BCUT2D eigenvalue weighted by molar-refractivity contribution is -0.130. The van der Waals surface area contributed by atoms with Crippen LogP contribution in [0.3, 0.4) is 0 Å². The molecule has 0 aromatic heterocycles. The molecule has 0 saturated heterocycles. The maximum Gasteiger partial charge on any atom is 0.238 e. The van der Waals surface area contributed by atoms with E-state index in [-0.39, 0.29) is 5.91 Å². The highest BCUT2D eigenvalue weighted by Crippen LogP contribution is 1.95. The predicted molar refractivity (Wildman–Crippen MR) is 50.7 cm³/mol. The fourth-order valence-electron chi connectivity index (χ4n) is 0.931. The van der Waals surface area contributed by atoms with E-state index in [1.165, 1.54) is 0 Å². The highest BCUT2D eigenvalue weighted by Gasteiger charge is 2.11. The zero-order chi connectivity index (χ0) is 9.56. The standard InChI is InChI=1S/C9H18N2O/c1-4-5-6-7-11(3)9(12)8(2)10/h4,8H,1,5-7,10H2,2-3H3/t8-/m0/s1. The molecule has 1 atom stereocenters. The van der Waals surface area contributed by atoms with Gasteiger partial charge in [0, 0.05) is 13.6 Å². The smallest absolute Gasteiger partial charge is 0.238 e. The second-order valence-electron chi connectivity index (χ2n) is 2.98. The van der Waals surface area contributed by atoms with Crippen molar-refractivity contribution < 1.29 is 4.79 Å². The minimum absolute atomic E-state index is 0.000868. The van der Waals surface area contributed by atoms with Crippen LogP contribution in [0.1, 0.15) is 19.8 Å². The molecule has 0 aliphatic heterocycles. The van der Waals surface area contributed by atoms with E-state index in [0.29, 0.717) is 0 Å². The van der Waals surface area contributed by atoms with Crippen molar-refractivity contribution in [3.63, 3.8) is 0 Å². The summed E-state index contributed by atoms with van der Waals surface area (Å²) >= 11 is 0. The number of amides is 1. The molecule has 0 rings (SSSR count). The normalized spacial score (nSPS) is 12.2. The zero-order valence-corrected chi connectivity index (χ0v) is 7.92. The molecule has 0 bridgehead atoms. The second-order valence-corrected chi connectivity index (χ2v) is 2.98. The van der Waals surface area contributed by atoms with E-state index in [2.05, 4.69) is 6.58 Å². The van der Waals surface area contributed by atoms with Gasteiger partial charge in [-0.2, -0.15) is 0 Å². The Morgan fingerprint density at radius 1 is 1.75 bits per heavy atom. The number of likely N-dealkylation sites (N-methyl/N-ethyl adjacent to an activating group) is 1. The summed E-state index contributed by atoms with van der Waals surface area (Å²) in [5, 5.41) is 0. The molecule has 0 radical (unpaired) electrons. The maximum absolute atomic E-state index is 11.2. The Morgan fingerprint density at radius 3 is 2.75 bits per heavy atom. The van der Waals surface area contributed by atoms with Gasteiger partial charge in [0.1, 0.15) is 0 Å². The average Bonchev–Trinajstić information content (AvgIpc) is 2.03. The summed E-state index contributed by atoms with van der Waals surface area (Å²) in [6.07, 6.45) is 3.75.